The quantitative estimate of drug-likeness (QED) is 0.0253. The van der Waals surface area contributed by atoms with Gasteiger partial charge in [0.15, 0.2) is 5.96 Å². The summed E-state index contributed by atoms with van der Waals surface area (Å²) in [6.45, 7) is 5.31. The molecule has 19 heteroatoms. The average molecular weight is 828 g/mol. The van der Waals surface area contributed by atoms with Crippen LogP contribution in [0.2, 0.25) is 0 Å². The maximum Gasteiger partial charge on any atom is 0.243 e. The molecule has 0 bridgehead atoms. The first-order valence-corrected chi connectivity index (χ1v) is 19.8. The minimum Gasteiger partial charge on any atom is -0.370 e. The number of fused-ring (bicyclic) bond motifs is 1. The van der Waals surface area contributed by atoms with Gasteiger partial charge in [-0.1, -0.05) is 62.4 Å². The number of primary amides is 1. The zero-order valence-corrected chi connectivity index (χ0v) is 34.1. The van der Waals surface area contributed by atoms with Gasteiger partial charge in [0.25, 0.3) is 0 Å². The number of rotatable bonds is 23. The van der Waals surface area contributed by atoms with E-state index in [-0.39, 0.29) is 56.9 Å². The predicted octanol–water partition coefficient (Wildman–Crippen LogP) is -0.725. The van der Waals surface area contributed by atoms with Gasteiger partial charge in [-0.05, 0) is 49.3 Å². The lowest BCUT2D eigenvalue weighted by atomic mass is 10.0. The van der Waals surface area contributed by atoms with Crippen molar-refractivity contribution >= 4 is 52.3 Å². The number of aromatic nitrogens is 3. The summed E-state index contributed by atoms with van der Waals surface area (Å²) in [7, 11) is 0. The lowest BCUT2D eigenvalue weighted by Gasteiger charge is -2.27. The number of amides is 6. The predicted molar refractivity (Wildman–Crippen MR) is 226 cm³/mol. The molecule has 0 aliphatic carbocycles. The highest BCUT2D eigenvalue weighted by Crippen LogP contribution is 2.20. The average Bonchev–Trinajstić information content (AvgIpc) is 3.88. The molecule has 0 spiro atoms. The van der Waals surface area contributed by atoms with Crippen molar-refractivity contribution in [2.75, 3.05) is 6.54 Å². The van der Waals surface area contributed by atoms with Crippen LogP contribution in [0, 0.1) is 5.92 Å². The summed E-state index contributed by atoms with van der Waals surface area (Å²) in [5.41, 5.74) is 25.7. The first-order chi connectivity index (χ1) is 28.6. The Morgan fingerprint density at radius 2 is 1.33 bits per heavy atom. The van der Waals surface area contributed by atoms with Crippen LogP contribution >= 0.6 is 0 Å². The highest BCUT2D eigenvalue weighted by atomic mass is 16.2. The Labute approximate surface area is 348 Å². The zero-order chi connectivity index (χ0) is 43.8. The fraction of sp³-hybridized carbons (Fsp3) is 0.415. The molecule has 60 heavy (non-hydrogen) atoms. The summed E-state index contributed by atoms with van der Waals surface area (Å²) in [5.74, 6) is -4.30. The highest BCUT2D eigenvalue weighted by Gasteiger charge is 2.33. The molecule has 19 nitrogen and oxygen atoms in total. The molecule has 6 amide bonds. The van der Waals surface area contributed by atoms with Gasteiger partial charge in [0.1, 0.15) is 30.2 Å². The Balaban J connectivity index is 1.54. The Kier molecular flexibility index (Phi) is 17.2. The standard InChI is InChI=1S/C41H57N13O6/c1-23(2)16-33(53-36(56)24(3)50-37(57)29(42)19-27-21-46-22-49-27)39(59)51-31(14-9-15-47-41(44)45)38(58)54-34(18-26-20-48-30-13-8-7-12-28(26)30)40(60)52-32(35(43)55)17-25-10-5-4-6-11-25/h4-8,10-13,20-24,29,31-34,48H,9,14-19,42H2,1-3H3,(H2,43,55)(H,46,49)(H,50,57)(H,51,59)(H,52,60)(H,53,56)(H,54,58)(H4,44,45,47)/t24-,29-,31-,32-,33-,34-/m0/s1. The molecule has 0 aliphatic heterocycles. The first-order valence-electron chi connectivity index (χ1n) is 19.8. The van der Waals surface area contributed by atoms with E-state index < -0.39 is 71.7 Å². The molecular weight excluding hydrogens is 771 g/mol. The third-order valence-corrected chi connectivity index (χ3v) is 9.68. The van der Waals surface area contributed by atoms with Gasteiger partial charge in [-0.15, -0.1) is 0 Å². The highest BCUT2D eigenvalue weighted by molar-refractivity contribution is 5.97. The van der Waals surface area contributed by atoms with Gasteiger partial charge in [0.05, 0.1) is 12.4 Å². The van der Waals surface area contributed by atoms with Gasteiger partial charge in [0, 0.05) is 54.8 Å². The SMILES string of the molecule is CC(C)C[C@H](NC(=O)[C@H](C)NC(=O)[C@@H](N)Cc1cnc[nH]1)C(=O)N[C@@H](CCCN=C(N)N)C(=O)N[C@@H](Cc1c[nH]c2ccccc12)C(=O)N[C@@H](Cc1ccccc1)C(N)=O. The zero-order valence-electron chi connectivity index (χ0n) is 34.1. The number of imidazole rings is 1. The smallest absolute Gasteiger partial charge is 0.243 e. The van der Waals surface area contributed by atoms with Gasteiger partial charge in [0.2, 0.25) is 35.4 Å². The second-order valence-corrected chi connectivity index (χ2v) is 15.1. The molecule has 322 valence electrons. The molecule has 4 rings (SSSR count). The number of hydrogen-bond donors (Lipinski definition) is 11. The number of carbonyl (C=O) groups excluding carboxylic acids is 6. The molecule has 0 fully saturated rings. The van der Waals surface area contributed by atoms with E-state index in [2.05, 4.69) is 46.5 Å². The van der Waals surface area contributed by atoms with Crippen molar-refractivity contribution in [3.8, 4) is 0 Å². The van der Waals surface area contributed by atoms with Crippen LogP contribution in [0.5, 0.6) is 0 Å². The van der Waals surface area contributed by atoms with E-state index in [1.165, 1.54) is 19.4 Å². The second kappa shape index (κ2) is 22.4. The Morgan fingerprint density at radius 1 is 0.700 bits per heavy atom. The van der Waals surface area contributed by atoms with E-state index in [1.807, 2.05) is 44.2 Å². The van der Waals surface area contributed by atoms with Crippen molar-refractivity contribution in [3.63, 3.8) is 0 Å². The Hall–Kier alpha value is -6.76. The lowest BCUT2D eigenvalue weighted by molar-refractivity contribution is -0.135. The molecule has 2 heterocycles. The Bertz CT molecular complexity index is 2080. The summed E-state index contributed by atoms with van der Waals surface area (Å²) in [4.78, 5) is 95.0. The van der Waals surface area contributed by atoms with Gasteiger partial charge < -0.3 is 59.5 Å². The van der Waals surface area contributed by atoms with Crippen LogP contribution in [-0.2, 0) is 48.0 Å². The largest absolute Gasteiger partial charge is 0.370 e. The number of aliphatic imine (C=N–C) groups is 1. The number of benzene rings is 2. The van der Waals surface area contributed by atoms with Gasteiger partial charge >= 0.3 is 0 Å². The fourth-order valence-electron chi connectivity index (χ4n) is 6.50. The number of aromatic amines is 2. The molecular formula is C41H57N13O6. The summed E-state index contributed by atoms with van der Waals surface area (Å²) < 4.78 is 0. The van der Waals surface area contributed by atoms with Crippen molar-refractivity contribution < 1.29 is 28.8 Å². The molecule has 0 unspecified atom stereocenters. The van der Waals surface area contributed by atoms with E-state index >= 15 is 0 Å². The number of guanidine groups is 1. The molecule has 0 saturated heterocycles. The third-order valence-electron chi connectivity index (χ3n) is 9.68. The number of H-pyrrole nitrogens is 2. The maximum atomic E-state index is 14.3. The molecule has 4 aromatic rings. The van der Waals surface area contributed by atoms with Crippen LogP contribution in [0.4, 0.5) is 0 Å². The minimum atomic E-state index is -1.23. The molecule has 15 N–H and O–H groups in total. The van der Waals surface area contributed by atoms with Crippen LogP contribution in [0.3, 0.4) is 0 Å². The number of nitrogens with zero attached hydrogens (tertiary/aromatic N) is 2. The topological polar surface area (TPSA) is 323 Å². The molecule has 6 atom stereocenters. The van der Waals surface area contributed by atoms with Crippen molar-refractivity contribution in [2.45, 2.75) is 95.5 Å². The van der Waals surface area contributed by atoms with Crippen LogP contribution in [0.25, 0.3) is 10.9 Å². The van der Waals surface area contributed by atoms with Gasteiger partial charge in [-0.2, -0.15) is 0 Å². The molecule has 0 saturated carbocycles. The van der Waals surface area contributed by atoms with Crippen molar-refractivity contribution in [3.05, 3.63) is 90.1 Å². The number of para-hydroxylation sites is 1. The number of carbonyl (C=O) groups is 6. The lowest BCUT2D eigenvalue weighted by Crippen LogP contribution is -2.59. The second-order valence-electron chi connectivity index (χ2n) is 15.1. The normalized spacial score (nSPS) is 14.2. The Morgan fingerprint density at radius 3 is 2.00 bits per heavy atom. The molecule has 2 aromatic heterocycles. The monoisotopic (exact) mass is 827 g/mol. The molecule has 2 aromatic carbocycles. The van der Waals surface area contributed by atoms with E-state index in [1.54, 1.807) is 30.5 Å². The first kappa shape index (κ1) is 45.9. The van der Waals surface area contributed by atoms with Crippen LogP contribution in [0.15, 0.2) is 78.3 Å². The number of nitrogens with one attached hydrogen (secondary N) is 7. The molecule has 0 aliphatic rings. The van der Waals surface area contributed by atoms with Crippen LogP contribution in [0.1, 0.15) is 56.9 Å². The van der Waals surface area contributed by atoms with Crippen molar-refractivity contribution in [1.82, 2.24) is 41.5 Å². The summed E-state index contributed by atoms with van der Waals surface area (Å²) in [5, 5.41) is 14.4. The van der Waals surface area contributed by atoms with E-state index in [9.17, 15) is 28.8 Å². The molecule has 0 radical (unpaired) electrons. The van der Waals surface area contributed by atoms with Crippen molar-refractivity contribution in [1.29, 1.82) is 0 Å². The summed E-state index contributed by atoms with van der Waals surface area (Å²) >= 11 is 0. The van der Waals surface area contributed by atoms with Gasteiger partial charge in [-0.25, -0.2) is 4.98 Å². The number of nitrogens with two attached hydrogens (primary N) is 4. The van der Waals surface area contributed by atoms with Gasteiger partial charge in [-0.3, -0.25) is 33.8 Å². The van der Waals surface area contributed by atoms with Crippen LogP contribution in [-0.4, -0.2) is 99.2 Å². The van der Waals surface area contributed by atoms with Crippen molar-refractivity contribution in [2.24, 2.45) is 33.8 Å². The summed E-state index contributed by atoms with van der Waals surface area (Å²) in [6, 6.07) is 9.74. The van der Waals surface area contributed by atoms with E-state index in [0.717, 1.165) is 16.5 Å². The number of hydrogen-bond acceptors (Lipinski definition) is 9. The van der Waals surface area contributed by atoms with Crippen LogP contribution < -0.4 is 49.5 Å². The van der Waals surface area contributed by atoms with E-state index in [4.69, 9.17) is 22.9 Å². The minimum absolute atomic E-state index is 0.00819. The fourth-order valence-corrected chi connectivity index (χ4v) is 6.50. The third kappa shape index (κ3) is 14.3. The van der Waals surface area contributed by atoms with E-state index in [0.29, 0.717) is 11.3 Å². The summed E-state index contributed by atoms with van der Waals surface area (Å²) in [6.07, 6.45) is 5.49. The maximum absolute atomic E-state index is 14.3.